The van der Waals surface area contributed by atoms with Gasteiger partial charge in [0.25, 0.3) is 0 Å². The van der Waals surface area contributed by atoms with E-state index in [1.807, 2.05) is 0 Å². The Morgan fingerprint density at radius 1 is 1.86 bits per heavy atom. The zero-order chi connectivity index (χ0) is 4.99. The zero-order valence-corrected chi connectivity index (χ0v) is 8.02. The monoisotopic (exact) mass is 247 g/mol. The molecule has 1 radical (unpaired) electrons. The van der Waals surface area contributed by atoms with Crippen molar-refractivity contribution >= 4 is 17.8 Å². The molecule has 0 amide bonds. The van der Waals surface area contributed by atoms with E-state index in [4.69, 9.17) is 0 Å². The first kappa shape index (κ1) is 10.8. The molecule has 0 saturated heterocycles. The summed E-state index contributed by atoms with van der Waals surface area (Å²) < 4.78 is 3.61. The van der Waals surface area contributed by atoms with Crippen LogP contribution in [0.25, 0.3) is 0 Å². The van der Waals surface area contributed by atoms with Crippen molar-refractivity contribution < 1.29 is 50.4 Å². The average Bonchev–Trinajstić information content (AvgIpc) is 1.65. The van der Waals surface area contributed by atoms with Gasteiger partial charge in [0.15, 0.2) is 0 Å². The Labute approximate surface area is 80.0 Å². The SMILES string of the molecule is C=CC(=O)OCl.[Pr]. The van der Waals surface area contributed by atoms with E-state index in [1.54, 1.807) is 0 Å². The van der Waals surface area contributed by atoms with Gasteiger partial charge in [-0.25, -0.2) is 4.79 Å². The normalized spacial score (nSPS) is 5.86. The standard InChI is InChI=1S/C3H3ClO2.Pr/c1-2-3(5)6-4;/h2H,1H2;. The molecule has 0 unspecified atom stereocenters. The van der Waals surface area contributed by atoms with Crippen molar-refractivity contribution in [1.82, 2.24) is 0 Å². The van der Waals surface area contributed by atoms with Crippen LogP contribution in [0.2, 0.25) is 0 Å². The summed E-state index contributed by atoms with van der Waals surface area (Å²) in [6, 6.07) is 0. The maximum absolute atomic E-state index is 9.71. The summed E-state index contributed by atoms with van der Waals surface area (Å²) in [5.41, 5.74) is 0. The van der Waals surface area contributed by atoms with Crippen LogP contribution < -0.4 is 0 Å². The predicted octanol–water partition coefficient (Wildman–Crippen LogP) is 0.869. The predicted molar refractivity (Wildman–Crippen MR) is 22.1 cm³/mol. The van der Waals surface area contributed by atoms with Gasteiger partial charge < -0.3 is 4.29 Å². The van der Waals surface area contributed by atoms with Crippen LogP contribution in [-0.2, 0) is 9.08 Å². The average molecular weight is 247 g/mol. The van der Waals surface area contributed by atoms with Crippen LogP contribution in [0.1, 0.15) is 0 Å². The first-order chi connectivity index (χ1) is 2.81. The van der Waals surface area contributed by atoms with Gasteiger partial charge in [0, 0.05) is 47.4 Å². The van der Waals surface area contributed by atoms with E-state index >= 15 is 0 Å². The molecule has 0 bridgehead atoms. The van der Waals surface area contributed by atoms with E-state index in [2.05, 4.69) is 22.7 Å². The molecule has 0 spiro atoms. The fraction of sp³-hybridized carbons (Fsp3) is 0. The van der Waals surface area contributed by atoms with Crippen molar-refractivity contribution in [2.75, 3.05) is 0 Å². The smallest absolute Gasteiger partial charge is 0.344 e. The molecule has 2 nitrogen and oxygen atoms in total. The summed E-state index contributed by atoms with van der Waals surface area (Å²) in [5, 5.41) is 0. The third kappa shape index (κ3) is 6.86. The molecular formula is C3H3ClO2Pr. The van der Waals surface area contributed by atoms with Gasteiger partial charge in [-0.2, -0.15) is 0 Å². The van der Waals surface area contributed by atoms with Gasteiger partial charge in [-0.05, 0) is 0 Å². The summed E-state index contributed by atoms with van der Waals surface area (Å²) in [6.07, 6.45) is 0.979. The van der Waals surface area contributed by atoms with E-state index in [-0.39, 0.29) is 41.3 Å². The van der Waals surface area contributed by atoms with Crippen molar-refractivity contribution in [1.29, 1.82) is 0 Å². The fourth-order valence-electron chi connectivity index (χ4n) is 0.0315. The Hall–Kier alpha value is 0.864. The van der Waals surface area contributed by atoms with Crippen molar-refractivity contribution in [3.63, 3.8) is 0 Å². The Morgan fingerprint density at radius 2 is 2.29 bits per heavy atom. The Bertz CT molecular complexity index is 73.3. The molecule has 0 saturated carbocycles. The van der Waals surface area contributed by atoms with Crippen LogP contribution in [-0.4, -0.2) is 5.97 Å². The first-order valence-electron chi connectivity index (χ1n) is 1.26. The molecule has 0 rings (SSSR count). The second kappa shape index (κ2) is 6.86. The largest absolute Gasteiger partial charge is 0.348 e. The number of halogens is 1. The molecule has 0 aliphatic carbocycles. The molecule has 0 aromatic carbocycles. The third-order valence-corrected chi connectivity index (χ3v) is 0.395. The zero-order valence-electron chi connectivity index (χ0n) is 3.56. The second-order valence-electron chi connectivity index (χ2n) is 0.600. The van der Waals surface area contributed by atoms with Gasteiger partial charge in [-0.15, -0.1) is 0 Å². The van der Waals surface area contributed by atoms with Crippen LogP contribution in [0.4, 0.5) is 0 Å². The van der Waals surface area contributed by atoms with Crippen LogP contribution in [0.3, 0.4) is 0 Å². The van der Waals surface area contributed by atoms with Gasteiger partial charge in [0.2, 0.25) is 0 Å². The van der Waals surface area contributed by atoms with E-state index in [1.165, 1.54) is 0 Å². The Morgan fingerprint density at radius 3 is 2.29 bits per heavy atom. The van der Waals surface area contributed by atoms with Gasteiger partial charge in [-0.3, -0.25) is 0 Å². The molecule has 0 aromatic heterocycles. The van der Waals surface area contributed by atoms with Crippen molar-refractivity contribution in [2.45, 2.75) is 0 Å². The molecule has 0 aromatic rings. The third-order valence-electron chi connectivity index (χ3n) is 0.243. The van der Waals surface area contributed by atoms with Crippen molar-refractivity contribution in [3.05, 3.63) is 12.7 Å². The molecule has 0 N–H and O–H groups in total. The number of carbonyl (C=O) groups is 1. The molecule has 7 heavy (non-hydrogen) atoms. The summed E-state index contributed by atoms with van der Waals surface area (Å²) in [7, 11) is 0. The van der Waals surface area contributed by atoms with Crippen LogP contribution >= 0.6 is 11.9 Å². The van der Waals surface area contributed by atoms with Gasteiger partial charge in [-0.1, -0.05) is 6.58 Å². The molecule has 0 heterocycles. The minimum atomic E-state index is -0.628. The molecule has 37 valence electrons. The molecule has 0 fully saturated rings. The van der Waals surface area contributed by atoms with Crippen molar-refractivity contribution in [2.24, 2.45) is 0 Å². The number of carbonyl (C=O) groups excluding carboxylic acids is 1. The Balaban J connectivity index is 0. The summed E-state index contributed by atoms with van der Waals surface area (Å²) >= 11 is 4.53. The van der Waals surface area contributed by atoms with E-state index in [0.29, 0.717) is 0 Å². The summed E-state index contributed by atoms with van der Waals surface area (Å²) in [5.74, 6) is -0.628. The number of hydrogen-bond donors (Lipinski definition) is 0. The van der Waals surface area contributed by atoms with E-state index in [0.717, 1.165) is 6.08 Å². The minimum Gasteiger partial charge on any atom is -0.344 e. The van der Waals surface area contributed by atoms with Crippen LogP contribution in [0, 0.1) is 41.3 Å². The molecular weight excluding hydrogens is 244 g/mol. The minimum absolute atomic E-state index is 0. The summed E-state index contributed by atoms with van der Waals surface area (Å²) in [4.78, 5) is 9.71. The van der Waals surface area contributed by atoms with Crippen LogP contribution in [0.5, 0.6) is 0 Å². The molecule has 4 heteroatoms. The van der Waals surface area contributed by atoms with Gasteiger partial charge in [0.05, 0.1) is 0 Å². The van der Waals surface area contributed by atoms with E-state index < -0.39 is 5.97 Å². The Kier molecular flexibility index (Phi) is 10.6. The molecule has 0 aliphatic heterocycles. The summed E-state index contributed by atoms with van der Waals surface area (Å²) in [6.45, 7) is 3.07. The van der Waals surface area contributed by atoms with Gasteiger partial charge >= 0.3 is 5.97 Å². The maximum Gasteiger partial charge on any atom is 0.348 e. The number of hydrogen-bond acceptors (Lipinski definition) is 2. The fourth-order valence-corrected chi connectivity index (χ4v) is 0.0945. The van der Waals surface area contributed by atoms with Crippen LogP contribution in [0.15, 0.2) is 12.7 Å². The van der Waals surface area contributed by atoms with Crippen molar-refractivity contribution in [3.8, 4) is 0 Å². The van der Waals surface area contributed by atoms with Gasteiger partial charge in [0.1, 0.15) is 11.9 Å². The first-order valence-corrected chi connectivity index (χ1v) is 1.57. The molecule has 0 atom stereocenters. The maximum atomic E-state index is 9.71. The quantitative estimate of drug-likeness (QED) is 0.643. The topological polar surface area (TPSA) is 26.3 Å². The van der Waals surface area contributed by atoms with E-state index in [9.17, 15) is 4.79 Å². The molecule has 0 aliphatic rings. The second-order valence-corrected chi connectivity index (χ2v) is 0.755. The number of rotatable bonds is 1.